The molecule has 1 amide bonds. The van der Waals surface area contributed by atoms with Crippen molar-refractivity contribution < 1.29 is 9.18 Å². The Balaban J connectivity index is 1.81. The first-order chi connectivity index (χ1) is 11.6. The van der Waals surface area contributed by atoms with Crippen LogP contribution in [-0.2, 0) is 17.9 Å². The average molecular weight is 325 g/mol. The normalized spacial score (nSPS) is 10.8. The molecule has 0 spiro atoms. The van der Waals surface area contributed by atoms with E-state index in [9.17, 15) is 14.0 Å². The van der Waals surface area contributed by atoms with Gasteiger partial charge in [0.1, 0.15) is 12.4 Å². The van der Waals surface area contributed by atoms with Crippen LogP contribution in [0.5, 0.6) is 0 Å². The maximum Gasteiger partial charge on any atom is 0.244 e. The summed E-state index contributed by atoms with van der Waals surface area (Å²) < 4.78 is 15.2. The molecule has 1 aromatic heterocycles. The number of likely N-dealkylation sites (N-methyl/N-ethyl adjacent to an activating group) is 1. The quantitative estimate of drug-likeness (QED) is 0.739. The molecule has 3 aromatic rings. The molecule has 0 atom stereocenters. The second-order valence-electron chi connectivity index (χ2n) is 5.52. The van der Waals surface area contributed by atoms with Gasteiger partial charge in [-0.15, -0.1) is 0 Å². The lowest BCUT2D eigenvalue weighted by atomic mass is 10.2. The van der Waals surface area contributed by atoms with Gasteiger partial charge in [0.25, 0.3) is 0 Å². The Morgan fingerprint density at radius 3 is 2.67 bits per heavy atom. The zero-order valence-electron chi connectivity index (χ0n) is 13.1. The Hall–Kier alpha value is -3.02. The standard InChI is InChI=1S/C18H16FN3O2/c1-21(11-13-6-2-4-8-15(13)19)18(24)12-22-16-9-5-3-7-14(16)17(23)10-20-22/h2-10H,11-12H2,1H3. The monoisotopic (exact) mass is 325 g/mol. The number of amides is 1. The van der Waals surface area contributed by atoms with Gasteiger partial charge < -0.3 is 4.90 Å². The largest absolute Gasteiger partial charge is 0.340 e. The van der Waals surface area contributed by atoms with Crippen LogP contribution in [0.4, 0.5) is 4.39 Å². The van der Waals surface area contributed by atoms with E-state index in [-0.39, 0.29) is 30.2 Å². The van der Waals surface area contributed by atoms with Gasteiger partial charge in [-0.05, 0) is 18.2 Å². The minimum Gasteiger partial charge on any atom is -0.340 e. The number of para-hydroxylation sites is 1. The van der Waals surface area contributed by atoms with Crippen LogP contribution in [0.15, 0.2) is 59.5 Å². The van der Waals surface area contributed by atoms with Crippen molar-refractivity contribution in [2.45, 2.75) is 13.1 Å². The topological polar surface area (TPSA) is 55.2 Å². The zero-order chi connectivity index (χ0) is 17.1. The Labute approximate surface area is 137 Å². The van der Waals surface area contributed by atoms with Gasteiger partial charge in [0.05, 0.1) is 11.7 Å². The summed E-state index contributed by atoms with van der Waals surface area (Å²) in [5, 5.41) is 4.55. The van der Waals surface area contributed by atoms with Gasteiger partial charge in [0, 0.05) is 24.5 Å². The summed E-state index contributed by atoms with van der Waals surface area (Å²) in [6, 6.07) is 13.3. The molecule has 2 aromatic carbocycles. The third-order valence-corrected chi connectivity index (χ3v) is 3.84. The fourth-order valence-corrected chi connectivity index (χ4v) is 2.51. The van der Waals surface area contributed by atoms with Crippen LogP contribution in [0, 0.1) is 5.82 Å². The number of rotatable bonds is 4. The second kappa shape index (κ2) is 6.62. The van der Waals surface area contributed by atoms with Crippen molar-refractivity contribution in [2.24, 2.45) is 0 Å². The van der Waals surface area contributed by atoms with Gasteiger partial charge in [0.2, 0.25) is 11.3 Å². The van der Waals surface area contributed by atoms with Crippen molar-refractivity contribution in [2.75, 3.05) is 7.05 Å². The minimum atomic E-state index is -0.343. The molecule has 0 unspecified atom stereocenters. The lowest BCUT2D eigenvalue weighted by Crippen LogP contribution is -2.31. The number of aromatic nitrogens is 2. The number of benzene rings is 2. The molecule has 0 aliphatic heterocycles. The number of halogens is 1. The first kappa shape index (κ1) is 15.9. The number of hydrogen-bond donors (Lipinski definition) is 0. The van der Waals surface area contributed by atoms with E-state index >= 15 is 0 Å². The molecule has 6 heteroatoms. The van der Waals surface area contributed by atoms with E-state index in [1.807, 2.05) is 0 Å². The number of nitrogens with zero attached hydrogens (tertiary/aromatic N) is 3. The van der Waals surface area contributed by atoms with E-state index in [1.165, 1.54) is 21.8 Å². The highest BCUT2D eigenvalue weighted by molar-refractivity contribution is 5.81. The van der Waals surface area contributed by atoms with Gasteiger partial charge in [0.15, 0.2) is 0 Å². The predicted molar refractivity (Wildman–Crippen MR) is 88.9 cm³/mol. The maximum atomic E-state index is 13.7. The predicted octanol–water partition coefficient (Wildman–Crippen LogP) is 2.19. The Morgan fingerprint density at radius 1 is 1.17 bits per heavy atom. The van der Waals surface area contributed by atoms with Gasteiger partial charge >= 0.3 is 0 Å². The van der Waals surface area contributed by atoms with Crippen LogP contribution < -0.4 is 5.43 Å². The summed E-state index contributed by atoms with van der Waals surface area (Å²) in [6.07, 6.45) is 1.20. The van der Waals surface area contributed by atoms with Crippen LogP contribution in [0.25, 0.3) is 10.9 Å². The summed E-state index contributed by atoms with van der Waals surface area (Å²) in [6.45, 7) is 0.148. The van der Waals surface area contributed by atoms with Gasteiger partial charge in [-0.2, -0.15) is 5.10 Å². The molecule has 5 nitrogen and oxygen atoms in total. The van der Waals surface area contributed by atoms with E-state index in [1.54, 1.807) is 49.5 Å². The van der Waals surface area contributed by atoms with E-state index < -0.39 is 0 Å². The molecule has 0 saturated carbocycles. The third kappa shape index (κ3) is 3.17. The Bertz CT molecular complexity index is 952. The molecule has 0 aliphatic carbocycles. The summed E-state index contributed by atoms with van der Waals surface area (Å²) in [5.41, 5.74) is 0.859. The maximum absolute atomic E-state index is 13.7. The highest BCUT2D eigenvalue weighted by atomic mass is 19.1. The SMILES string of the molecule is CN(Cc1ccccc1F)C(=O)Cn1ncc(=O)c2ccccc21. The van der Waals surface area contributed by atoms with Crippen molar-refractivity contribution in [1.82, 2.24) is 14.7 Å². The van der Waals surface area contributed by atoms with Gasteiger partial charge in [-0.25, -0.2) is 4.39 Å². The highest BCUT2D eigenvalue weighted by Gasteiger charge is 2.14. The smallest absolute Gasteiger partial charge is 0.244 e. The number of carbonyl (C=O) groups is 1. The average Bonchev–Trinajstić information content (AvgIpc) is 2.59. The van der Waals surface area contributed by atoms with Crippen molar-refractivity contribution in [3.8, 4) is 0 Å². The van der Waals surface area contributed by atoms with Crippen molar-refractivity contribution in [3.05, 3.63) is 76.3 Å². The molecular formula is C18H16FN3O2. The molecule has 0 saturated heterocycles. The number of carbonyl (C=O) groups excluding carboxylic acids is 1. The van der Waals surface area contributed by atoms with Crippen LogP contribution in [-0.4, -0.2) is 27.6 Å². The Morgan fingerprint density at radius 2 is 1.88 bits per heavy atom. The van der Waals surface area contributed by atoms with Gasteiger partial charge in [-0.3, -0.25) is 14.3 Å². The lowest BCUT2D eigenvalue weighted by Gasteiger charge is -2.18. The molecule has 122 valence electrons. The molecule has 3 rings (SSSR count). The number of hydrogen-bond acceptors (Lipinski definition) is 3. The summed E-state index contributed by atoms with van der Waals surface area (Å²) in [5.74, 6) is -0.566. The van der Waals surface area contributed by atoms with Crippen LogP contribution in [0.2, 0.25) is 0 Å². The van der Waals surface area contributed by atoms with Crippen molar-refractivity contribution in [3.63, 3.8) is 0 Å². The fraction of sp³-hybridized carbons (Fsp3) is 0.167. The summed E-state index contributed by atoms with van der Waals surface area (Å²) >= 11 is 0. The second-order valence-corrected chi connectivity index (χ2v) is 5.52. The van der Waals surface area contributed by atoms with E-state index in [4.69, 9.17) is 0 Å². The summed E-state index contributed by atoms with van der Waals surface area (Å²) in [7, 11) is 1.61. The van der Waals surface area contributed by atoms with Crippen molar-refractivity contribution in [1.29, 1.82) is 0 Å². The molecule has 0 aliphatic rings. The van der Waals surface area contributed by atoms with E-state index in [0.717, 1.165) is 0 Å². The van der Waals surface area contributed by atoms with Crippen LogP contribution in [0.1, 0.15) is 5.56 Å². The molecule has 0 N–H and O–H groups in total. The highest BCUT2D eigenvalue weighted by Crippen LogP contribution is 2.11. The zero-order valence-corrected chi connectivity index (χ0v) is 13.1. The molecular weight excluding hydrogens is 309 g/mol. The van der Waals surface area contributed by atoms with Crippen molar-refractivity contribution >= 4 is 16.8 Å². The van der Waals surface area contributed by atoms with Gasteiger partial charge in [-0.1, -0.05) is 30.3 Å². The minimum absolute atomic E-state index is 0.0221. The first-order valence-electron chi connectivity index (χ1n) is 7.48. The molecule has 0 bridgehead atoms. The fourth-order valence-electron chi connectivity index (χ4n) is 2.51. The van der Waals surface area contributed by atoms with E-state index in [0.29, 0.717) is 16.5 Å². The molecule has 1 heterocycles. The lowest BCUT2D eigenvalue weighted by molar-refractivity contribution is -0.131. The molecule has 24 heavy (non-hydrogen) atoms. The van der Waals surface area contributed by atoms with Crippen LogP contribution in [0.3, 0.4) is 0 Å². The Kier molecular flexibility index (Phi) is 4.37. The first-order valence-corrected chi connectivity index (χ1v) is 7.48. The number of fused-ring (bicyclic) bond motifs is 1. The van der Waals surface area contributed by atoms with Crippen LogP contribution >= 0.6 is 0 Å². The summed E-state index contributed by atoms with van der Waals surface area (Å²) in [4.78, 5) is 25.7. The van der Waals surface area contributed by atoms with E-state index in [2.05, 4.69) is 5.10 Å². The molecule has 0 radical (unpaired) electrons. The third-order valence-electron chi connectivity index (χ3n) is 3.84. The molecule has 0 fully saturated rings.